The van der Waals surface area contributed by atoms with E-state index < -0.39 is 18.0 Å². The second-order valence-corrected chi connectivity index (χ2v) is 5.24. The van der Waals surface area contributed by atoms with Crippen LogP contribution in [0.5, 0.6) is 0 Å². The van der Waals surface area contributed by atoms with Crippen LogP contribution in [0.2, 0.25) is 0 Å². The van der Waals surface area contributed by atoms with Crippen molar-refractivity contribution in [3.05, 3.63) is 71.8 Å². The fourth-order valence-corrected chi connectivity index (χ4v) is 2.49. The second kappa shape index (κ2) is 6.43. The molecule has 112 valence electrons. The van der Waals surface area contributed by atoms with Gasteiger partial charge in [0.2, 0.25) is 6.10 Å². The van der Waals surface area contributed by atoms with Crippen molar-refractivity contribution in [2.45, 2.75) is 25.0 Å². The molecule has 0 amide bonds. The zero-order valence-electron chi connectivity index (χ0n) is 12.0. The smallest absolute Gasteiger partial charge is 0.347 e. The number of carbonyl (C=O) groups excluding carboxylic acids is 2. The standard InChI is InChI=1S/C18H16O4/c19-17(14-9-5-2-6-10-14)22-16-12-15(21-18(16)20)11-13-7-3-1-4-8-13/h1-10,15-16H,11-12H2/t15-,16-/m1/s1. The number of esters is 2. The molecule has 0 saturated carbocycles. The Hall–Kier alpha value is -2.62. The van der Waals surface area contributed by atoms with Gasteiger partial charge in [0.1, 0.15) is 6.10 Å². The average molecular weight is 296 g/mol. The van der Waals surface area contributed by atoms with Gasteiger partial charge in [0.05, 0.1) is 5.56 Å². The number of hydrogen-bond acceptors (Lipinski definition) is 4. The Bertz CT molecular complexity index is 651. The minimum absolute atomic E-state index is 0.247. The van der Waals surface area contributed by atoms with Crippen LogP contribution in [0.15, 0.2) is 60.7 Å². The Morgan fingerprint density at radius 3 is 2.36 bits per heavy atom. The average Bonchev–Trinajstić information content (AvgIpc) is 2.88. The molecular weight excluding hydrogens is 280 g/mol. The molecule has 0 aliphatic carbocycles. The van der Waals surface area contributed by atoms with Gasteiger partial charge in [-0.2, -0.15) is 0 Å². The summed E-state index contributed by atoms with van der Waals surface area (Å²) in [5, 5.41) is 0. The molecule has 0 aromatic heterocycles. The second-order valence-electron chi connectivity index (χ2n) is 5.24. The van der Waals surface area contributed by atoms with E-state index in [1.165, 1.54) is 0 Å². The maximum Gasteiger partial charge on any atom is 0.347 e. The van der Waals surface area contributed by atoms with E-state index in [4.69, 9.17) is 9.47 Å². The molecule has 0 bridgehead atoms. The van der Waals surface area contributed by atoms with E-state index in [1.54, 1.807) is 24.3 Å². The molecule has 1 fully saturated rings. The third-order valence-corrected chi connectivity index (χ3v) is 3.59. The zero-order chi connectivity index (χ0) is 15.4. The molecule has 4 heteroatoms. The van der Waals surface area contributed by atoms with Crippen molar-refractivity contribution < 1.29 is 19.1 Å². The lowest BCUT2D eigenvalue weighted by molar-refractivity contribution is -0.147. The quantitative estimate of drug-likeness (QED) is 0.814. The predicted molar refractivity (Wildman–Crippen MR) is 80.3 cm³/mol. The first kappa shape index (κ1) is 14.3. The molecule has 1 aliphatic heterocycles. The summed E-state index contributed by atoms with van der Waals surface area (Å²) in [5.41, 5.74) is 1.53. The highest BCUT2D eigenvalue weighted by atomic mass is 16.6. The van der Waals surface area contributed by atoms with E-state index in [-0.39, 0.29) is 6.10 Å². The largest absolute Gasteiger partial charge is 0.459 e. The third kappa shape index (κ3) is 3.34. The molecule has 1 aliphatic rings. The Balaban J connectivity index is 1.59. The highest BCUT2D eigenvalue weighted by Crippen LogP contribution is 2.22. The molecule has 2 aromatic rings. The summed E-state index contributed by atoms with van der Waals surface area (Å²) < 4.78 is 10.6. The van der Waals surface area contributed by atoms with Crippen molar-refractivity contribution in [2.24, 2.45) is 0 Å². The Morgan fingerprint density at radius 2 is 1.68 bits per heavy atom. The zero-order valence-corrected chi connectivity index (χ0v) is 12.0. The minimum Gasteiger partial charge on any atom is -0.459 e. The van der Waals surface area contributed by atoms with Crippen LogP contribution in [0.25, 0.3) is 0 Å². The summed E-state index contributed by atoms with van der Waals surface area (Å²) in [6.45, 7) is 0. The first-order chi connectivity index (χ1) is 10.7. The summed E-state index contributed by atoms with van der Waals surface area (Å²) in [4.78, 5) is 23.8. The minimum atomic E-state index is -0.818. The van der Waals surface area contributed by atoms with Crippen LogP contribution >= 0.6 is 0 Å². The van der Waals surface area contributed by atoms with Crippen molar-refractivity contribution >= 4 is 11.9 Å². The maximum atomic E-state index is 12.0. The molecule has 0 N–H and O–H groups in total. The SMILES string of the molecule is O=C(O[C@@H]1C[C@@H](Cc2ccccc2)OC1=O)c1ccccc1. The summed E-state index contributed by atoms with van der Waals surface area (Å²) in [5.74, 6) is -0.965. The van der Waals surface area contributed by atoms with Crippen LogP contribution in [-0.2, 0) is 20.7 Å². The highest BCUT2D eigenvalue weighted by molar-refractivity contribution is 5.91. The number of cyclic esters (lactones) is 1. The number of benzene rings is 2. The molecule has 4 nitrogen and oxygen atoms in total. The van der Waals surface area contributed by atoms with Gasteiger partial charge in [-0.3, -0.25) is 0 Å². The third-order valence-electron chi connectivity index (χ3n) is 3.59. The van der Waals surface area contributed by atoms with Gasteiger partial charge in [0.15, 0.2) is 0 Å². The van der Waals surface area contributed by atoms with Gasteiger partial charge < -0.3 is 9.47 Å². The number of rotatable bonds is 4. The predicted octanol–water partition coefficient (Wildman–Crippen LogP) is 2.77. The first-order valence-electron chi connectivity index (χ1n) is 7.23. The molecule has 1 saturated heterocycles. The van der Waals surface area contributed by atoms with E-state index in [1.807, 2.05) is 36.4 Å². The van der Waals surface area contributed by atoms with E-state index in [0.29, 0.717) is 18.4 Å². The molecular formula is C18H16O4. The van der Waals surface area contributed by atoms with E-state index in [9.17, 15) is 9.59 Å². The van der Waals surface area contributed by atoms with E-state index in [2.05, 4.69) is 0 Å². The number of carbonyl (C=O) groups is 2. The first-order valence-corrected chi connectivity index (χ1v) is 7.23. The normalized spacial score (nSPS) is 20.5. The maximum absolute atomic E-state index is 12.0. The van der Waals surface area contributed by atoms with E-state index in [0.717, 1.165) is 5.56 Å². The van der Waals surface area contributed by atoms with Crippen molar-refractivity contribution in [2.75, 3.05) is 0 Å². The van der Waals surface area contributed by atoms with Crippen molar-refractivity contribution in [1.29, 1.82) is 0 Å². The lowest BCUT2D eigenvalue weighted by Crippen LogP contribution is -2.22. The van der Waals surface area contributed by atoms with Gasteiger partial charge >= 0.3 is 11.9 Å². The fourth-order valence-electron chi connectivity index (χ4n) is 2.49. The Labute approximate surface area is 128 Å². The van der Waals surface area contributed by atoms with Gasteiger partial charge in [-0.25, -0.2) is 9.59 Å². The van der Waals surface area contributed by atoms with Crippen molar-refractivity contribution in [3.8, 4) is 0 Å². The number of ether oxygens (including phenoxy) is 2. The molecule has 0 unspecified atom stereocenters. The summed E-state index contributed by atoms with van der Waals surface area (Å²) in [6, 6.07) is 18.4. The van der Waals surface area contributed by atoms with Crippen LogP contribution < -0.4 is 0 Å². The highest BCUT2D eigenvalue weighted by Gasteiger charge is 2.37. The topological polar surface area (TPSA) is 52.6 Å². The summed E-state index contributed by atoms with van der Waals surface area (Å²) in [6.07, 6.45) is -0.0389. The molecule has 2 atom stereocenters. The Kier molecular flexibility index (Phi) is 4.19. The molecule has 2 aromatic carbocycles. The van der Waals surface area contributed by atoms with Crippen LogP contribution in [-0.4, -0.2) is 24.1 Å². The van der Waals surface area contributed by atoms with Crippen molar-refractivity contribution in [1.82, 2.24) is 0 Å². The molecule has 0 radical (unpaired) electrons. The number of hydrogen-bond donors (Lipinski definition) is 0. The molecule has 3 rings (SSSR count). The van der Waals surface area contributed by atoms with Crippen LogP contribution in [0.3, 0.4) is 0 Å². The van der Waals surface area contributed by atoms with Crippen molar-refractivity contribution in [3.63, 3.8) is 0 Å². The van der Waals surface area contributed by atoms with Crippen LogP contribution in [0.4, 0.5) is 0 Å². The Morgan fingerprint density at radius 1 is 1.05 bits per heavy atom. The lowest BCUT2D eigenvalue weighted by Gasteiger charge is -2.09. The van der Waals surface area contributed by atoms with Gasteiger partial charge in [0.25, 0.3) is 0 Å². The van der Waals surface area contributed by atoms with Crippen LogP contribution in [0, 0.1) is 0 Å². The molecule has 0 spiro atoms. The summed E-state index contributed by atoms with van der Waals surface area (Å²) >= 11 is 0. The van der Waals surface area contributed by atoms with Gasteiger partial charge in [0, 0.05) is 12.8 Å². The monoisotopic (exact) mass is 296 g/mol. The van der Waals surface area contributed by atoms with Crippen LogP contribution in [0.1, 0.15) is 22.3 Å². The lowest BCUT2D eigenvalue weighted by atomic mass is 10.1. The van der Waals surface area contributed by atoms with E-state index >= 15 is 0 Å². The summed E-state index contributed by atoms with van der Waals surface area (Å²) in [7, 11) is 0. The van der Waals surface area contributed by atoms with Gasteiger partial charge in [-0.15, -0.1) is 0 Å². The molecule has 22 heavy (non-hydrogen) atoms. The van der Waals surface area contributed by atoms with Gasteiger partial charge in [-0.1, -0.05) is 48.5 Å². The van der Waals surface area contributed by atoms with Gasteiger partial charge in [-0.05, 0) is 17.7 Å². The molecule has 1 heterocycles. The fraction of sp³-hybridized carbons (Fsp3) is 0.222.